The summed E-state index contributed by atoms with van der Waals surface area (Å²) >= 11 is 0. The minimum absolute atomic E-state index is 0.0212. The Balaban J connectivity index is 4.16. The maximum Gasteiger partial charge on any atom is 0.410 e. The lowest BCUT2D eigenvalue weighted by Crippen LogP contribution is -2.39. The van der Waals surface area contributed by atoms with E-state index in [1.165, 1.54) is 0 Å². The van der Waals surface area contributed by atoms with E-state index in [0.717, 1.165) is 0 Å². The maximum atomic E-state index is 11.7. The van der Waals surface area contributed by atoms with Gasteiger partial charge in [-0.3, -0.25) is 4.99 Å². The van der Waals surface area contributed by atoms with E-state index in [-0.39, 0.29) is 18.1 Å². The number of hydrogen-bond donors (Lipinski definition) is 2. The first-order valence-electron chi connectivity index (χ1n) is 5.64. The summed E-state index contributed by atoms with van der Waals surface area (Å²) in [7, 11) is 1.70. The third-order valence-corrected chi connectivity index (χ3v) is 2.18. The van der Waals surface area contributed by atoms with Crippen molar-refractivity contribution in [1.82, 2.24) is 4.90 Å². The lowest BCUT2D eigenvalue weighted by molar-refractivity contribution is 0.0231. The summed E-state index contributed by atoms with van der Waals surface area (Å²) in [5.41, 5.74) is 9.96. The number of carbonyl (C=O) groups is 1. The molecule has 0 saturated carbocycles. The average molecular weight is 244 g/mol. The van der Waals surface area contributed by atoms with Crippen LogP contribution in [0, 0.1) is 0 Å². The third-order valence-electron chi connectivity index (χ3n) is 2.18. The van der Waals surface area contributed by atoms with E-state index in [0.29, 0.717) is 13.0 Å². The van der Waals surface area contributed by atoms with Crippen molar-refractivity contribution in [3.05, 3.63) is 0 Å². The first-order valence-corrected chi connectivity index (χ1v) is 5.64. The van der Waals surface area contributed by atoms with E-state index >= 15 is 0 Å². The molecule has 0 rings (SSSR count). The highest BCUT2D eigenvalue weighted by atomic mass is 16.6. The highest BCUT2D eigenvalue weighted by molar-refractivity contribution is 5.75. The molecule has 100 valence electrons. The molecule has 0 aromatic rings. The molecule has 0 aliphatic carbocycles. The van der Waals surface area contributed by atoms with Crippen LogP contribution in [0.25, 0.3) is 0 Å². The van der Waals surface area contributed by atoms with Crippen molar-refractivity contribution in [2.75, 3.05) is 13.6 Å². The smallest absolute Gasteiger partial charge is 0.410 e. The average Bonchev–Trinajstić information content (AvgIpc) is 2.13. The molecule has 1 unspecified atom stereocenters. The van der Waals surface area contributed by atoms with Gasteiger partial charge in [-0.25, -0.2) is 4.79 Å². The summed E-state index contributed by atoms with van der Waals surface area (Å²) in [5.74, 6) is 0.0668. The molecule has 0 aliphatic heterocycles. The van der Waals surface area contributed by atoms with Gasteiger partial charge in [0.25, 0.3) is 0 Å². The molecule has 17 heavy (non-hydrogen) atoms. The molecule has 1 atom stereocenters. The van der Waals surface area contributed by atoms with Crippen molar-refractivity contribution in [1.29, 1.82) is 0 Å². The van der Waals surface area contributed by atoms with Crippen LogP contribution in [0.1, 0.15) is 34.1 Å². The van der Waals surface area contributed by atoms with Crippen LogP contribution >= 0.6 is 0 Å². The predicted molar refractivity (Wildman–Crippen MR) is 68.8 cm³/mol. The van der Waals surface area contributed by atoms with Gasteiger partial charge in [0.15, 0.2) is 5.96 Å². The quantitative estimate of drug-likeness (QED) is 0.567. The molecule has 6 nitrogen and oxygen atoms in total. The van der Waals surface area contributed by atoms with Gasteiger partial charge in [0.1, 0.15) is 5.60 Å². The van der Waals surface area contributed by atoms with Crippen LogP contribution < -0.4 is 11.5 Å². The number of nitrogens with two attached hydrogens (primary N) is 2. The molecule has 0 bridgehead atoms. The second-order valence-corrected chi connectivity index (χ2v) is 5.04. The van der Waals surface area contributed by atoms with Crippen LogP contribution in [0.15, 0.2) is 4.99 Å². The lowest BCUT2D eigenvalue weighted by Gasteiger charge is -2.28. The Morgan fingerprint density at radius 1 is 1.41 bits per heavy atom. The molecule has 0 spiro atoms. The van der Waals surface area contributed by atoms with Crippen molar-refractivity contribution in [2.24, 2.45) is 16.5 Å². The van der Waals surface area contributed by atoms with E-state index in [4.69, 9.17) is 16.2 Å². The zero-order valence-corrected chi connectivity index (χ0v) is 11.4. The van der Waals surface area contributed by atoms with Gasteiger partial charge in [0, 0.05) is 19.6 Å². The minimum atomic E-state index is -0.481. The molecule has 6 heteroatoms. The number of aliphatic imine (C=N–C) groups is 1. The Labute approximate surface area is 103 Å². The van der Waals surface area contributed by atoms with E-state index in [2.05, 4.69) is 4.99 Å². The monoisotopic (exact) mass is 244 g/mol. The Kier molecular flexibility index (Phi) is 5.78. The highest BCUT2D eigenvalue weighted by Gasteiger charge is 2.22. The molecule has 4 N–H and O–H groups in total. The third kappa shape index (κ3) is 7.43. The number of ether oxygens (including phenoxy) is 1. The number of hydrogen-bond acceptors (Lipinski definition) is 3. The van der Waals surface area contributed by atoms with Crippen molar-refractivity contribution >= 4 is 12.1 Å². The van der Waals surface area contributed by atoms with Crippen LogP contribution in [0.3, 0.4) is 0 Å². The molecule has 0 radical (unpaired) electrons. The second kappa shape index (κ2) is 6.32. The highest BCUT2D eigenvalue weighted by Crippen LogP contribution is 2.11. The van der Waals surface area contributed by atoms with Gasteiger partial charge >= 0.3 is 6.09 Å². The van der Waals surface area contributed by atoms with Gasteiger partial charge in [-0.1, -0.05) is 0 Å². The fraction of sp³-hybridized carbons (Fsp3) is 0.818. The zero-order valence-electron chi connectivity index (χ0n) is 11.4. The van der Waals surface area contributed by atoms with Crippen LogP contribution in [-0.4, -0.2) is 42.2 Å². The minimum Gasteiger partial charge on any atom is -0.444 e. The van der Waals surface area contributed by atoms with Crippen LogP contribution in [0.4, 0.5) is 4.79 Å². The van der Waals surface area contributed by atoms with Gasteiger partial charge in [-0.15, -0.1) is 0 Å². The fourth-order valence-electron chi connectivity index (χ4n) is 1.09. The first-order chi connectivity index (χ1) is 7.63. The molecule has 0 fully saturated rings. The topological polar surface area (TPSA) is 93.9 Å². The summed E-state index contributed by atoms with van der Waals surface area (Å²) in [4.78, 5) is 17.1. The largest absolute Gasteiger partial charge is 0.444 e. The van der Waals surface area contributed by atoms with E-state index < -0.39 is 5.60 Å². The van der Waals surface area contributed by atoms with Crippen molar-refractivity contribution < 1.29 is 9.53 Å². The second-order valence-electron chi connectivity index (χ2n) is 5.04. The first kappa shape index (κ1) is 15.5. The summed E-state index contributed by atoms with van der Waals surface area (Å²) < 4.78 is 5.25. The zero-order chi connectivity index (χ0) is 13.6. The van der Waals surface area contributed by atoms with Crippen LogP contribution in [0.5, 0.6) is 0 Å². The van der Waals surface area contributed by atoms with Gasteiger partial charge in [0.05, 0.1) is 0 Å². The van der Waals surface area contributed by atoms with Crippen molar-refractivity contribution in [2.45, 2.75) is 45.8 Å². The van der Waals surface area contributed by atoms with Crippen molar-refractivity contribution in [3.8, 4) is 0 Å². The summed E-state index contributed by atoms with van der Waals surface area (Å²) in [6, 6.07) is 0.0212. The Hall–Kier alpha value is -1.46. The van der Waals surface area contributed by atoms with Crippen LogP contribution in [0.2, 0.25) is 0 Å². The van der Waals surface area contributed by atoms with Gasteiger partial charge < -0.3 is 21.1 Å². The predicted octanol–water partition coefficient (Wildman–Crippen LogP) is 0.905. The van der Waals surface area contributed by atoms with E-state index in [1.54, 1.807) is 11.9 Å². The van der Waals surface area contributed by atoms with E-state index in [9.17, 15) is 4.79 Å². The molecule has 0 saturated heterocycles. The SMILES string of the molecule is CC(CCN=C(N)N)N(C)C(=O)OC(C)(C)C. The normalized spacial score (nSPS) is 12.8. The van der Waals surface area contributed by atoms with E-state index in [1.807, 2.05) is 27.7 Å². The Morgan fingerprint density at radius 3 is 2.35 bits per heavy atom. The molecule has 1 amide bonds. The number of guanidine groups is 1. The molecule has 0 aromatic carbocycles. The Bertz CT molecular complexity index is 280. The number of carbonyl (C=O) groups excluding carboxylic acids is 1. The number of amides is 1. The van der Waals surface area contributed by atoms with Gasteiger partial charge in [0.2, 0.25) is 0 Å². The van der Waals surface area contributed by atoms with Gasteiger partial charge in [-0.05, 0) is 34.1 Å². The molecule has 0 aromatic heterocycles. The molecule has 0 heterocycles. The summed E-state index contributed by atoms with van der Waals surface area (Å²) in [6.07, 6.45) is 0.350. The molecular weight excluding hydrogens is 220 g/mol. The summed E-state index contributed by atoms with van der Waals surface area (Å²) in [5, 5.41) is 0. The lowest BCUT2D eigenvalue weighted by atomic mass is 10.2. The molecular formula is C11H24N4O2. The maximum absolute atomic E-state index is 11.7. The van der Waals surface area contributed by atoms with Crippen molar-refractivity contribution in [3.63, 3.8) is 0 Å². The number of nitrogens with zero attached hydrogens (tertiary/aromatic N) is 2. The van der Waals surface area contributed by atoms with Gasteiger partial charge in [-0.2, -0.15) is 0 Å². The molecule has 0 aliphatic rings. The number of rotatable bonds is 4. The summed E-state index contributed by atoms with van der Waals surface area (Å²) in [6.45, 7) is 7.93. The van der Waals surface area contributed by atoms with Crippen LogP contribution in [-0.2, 0) is 4.74 Å². The fourth-order valence-corrected chi connectivity index (χ4v) is 1.09. The Morgan fingerprint density at radius 2 is 1.94 bits per heavy atom. The standard InChI is InChI=1S/C11H24N4O2/c1-8(6-7-14-9(12)13)15(5)10(16)17-11(2,3)4/h8H,6-7H2,1-5H3,(H4,12,13,14).